The minimum absolute atomic E-state index is 0.0456. The molecular formula is C41H53N8O11S2+. The first-order valence-corrected chi connectivity index (χ1v) is 22.3. The van der Waals surface area contributed by atoms with Gasteiger partial charge in [-0.25, -0.2) is 8.42 Å². The maximum absolute atomic E-state index is 12.7. The molecule has 0 aliphatic carbocycles. The third-order valence-electron chi connectivity index (χ3n) is 8.31. The van der Waals surface area contributed by atoms with E-state index in [1.807, 2.05) is 37.3 Å². The summed E-state index contributed by atoms with van der Waals surface area (Å²) in [5, 5.41) is 5.60. The quantitative estimate of drug-likeness (QED) is 0.0108. The van der Waals surface area contributed by atoms with Crippen LogP contribution in [0, 0.1) is 13.8 Å². The molecule has 0 bridgehead atoms. The summed E-state index contributed by atoms with van der Waals surface area (Å²) in [7, 11) is -3.46. The zero-order valence-corrected chi connectivity index (χ0v) is 36.5. The van der Waals surface area contributed by atoms with Gasteiger partial charge in [0.25, 0.3) is 17.7 Å². The summed E-state index contributed by atoms with van der Waals surface area (Å²) < 4.78 is 40.0. The molecule has 0 aliphatic heterocycles. The molecule has 62 heavy (non-hydrogen) atoms. The fourth-order valence-electron chi connectivity index (χ4n) is 5.45. The van der Waals surface area contributed by atoms with Crippen LogP contribution in [0.5, 0.6) is 0 Å². The number of sulfone groups is 1. The fraction of sp³-hybridized carbons (Fsp3) is 0.317. The summed E-state index contributed by atoms with van der Waals surface area (Å²) in [5.41, 5.74) is 20.4. The standard InChI is InChI=1S/C41H52N8O11S2/c1-29-22-34(11-13-38(29)46-48-58-31(3)59-60-61-4)33-9-6-8-32(24-33)27-57-43-16-19-56-21-20-55-18-15-42-41(52)35-10-7-17-49(25-35)26-39(50)44-36-12-14-37(30(2)23-36)45-47-40(51)28-62(5,53)54/h6-14,17,22-25,43,45-46,48H,3,15-16,18-21,26-28H2,1-2,4-5H3,(H2-,42,44,47,50,51,52)/p+1. The van der Waals surface area contributed by atoms with Crippen molar-refractivity contribution in [2.24, 2.45) is 0 Å². The number of aryl methyl sites for hydroxylation is 2. The number of hydroxylamine groups is 1. The van der Waals surface area contributed by atoms with E-state index in [0.717, 1.165) is 46.2 Å². The van der Waals surface area contributed by atoms with Crippen molar-refractivity contribution in [3.8, 4) is 11.1 Å². The molecule has 1 heterocycles. The Balaban J connectivity index is 1.04. The summed E-state index contributed by atoms with van der Waals surface area (Å²) in [6, 6.07) is 22.3. The average molecular weight is 898 g/mol. The molecule has 4 aromatic rings. The lowest BCUT2D eigenvalue weighted by atomic mass is 10.0. The van der Waals surface area contributed by atoms with Crippen molar-refractivity contribution in [2.75, 3.05) is 73.9 Å². The van der Waals surface area contributed by atoms with Crippen LogP contribution in [-0.2, 0) is 60.9 Å². The highest BCUT2D eigenvalue weighted by atomic mass is 32.2. The lowest BCUT2D eigenvalue weighted by Crippen LogP contribution is -2.41. The second-order valence-electron chi connectivity index (χ2n) is 13.5. The summed E-state index contributed by atoms with van der Waals surface area (Å²) in [6.07, 6.45) is 5.92. The van der Waals surface area contributed by atoms with Crippen molar-refractivity contribution in [3.63, 3.8) is 0 Å². The highest BCUT2D eigenvalue weighted by molar-refractivity contribution is 7.93. The average Bonchev–Trinajstić information content (AvgIpc) is 3.23. The van der Waals surface area contributed by atoms with Crippen molar-refractivity contribution < 1.29 is 55.7 Å². The van der Waals surface area contributed by atoms with Gasteiger partial charge in [-0.05, 0) is 90.7 Å². The number of hydrogen-bond donors (Lipinski definition) is 7. The van der Waals surface area contributed by atoms with Gasteiger partial charge >= 0.3 is 5.95 Å². The largest absolute Gasteiger partial charge is 0.378 e. The third kappa shape index (κ3) is 18.5. The summed E-state index contributed by atoms with van der Waals surface area (Å²) >= 11 is 1.02. The van der Waals surface area contributed by atoms with Crippen molar-refractivity contribution in [1.82, 2.24) is 21.8 Å². The predicted molar refractivity (Wildman–Crippen MR) is 234 cm³/mol. The van der Waals surface area contributed by atoms with E-state index in [1.54, 1.807) is 60.5 Å². The van der Waals surface area contributed by atoms with Gasteiger partial charge in [0.15, 0.2) is 22.2 Å². The summed E-state index contributed by atoms with van der Waals surface area (Å²) in [4.78, 5) is 52.7. The molecule has 334 valence electrons. The van der Waals surface area contributed by atoms with E-state index >= 15 is 0 Å². The number of aromatic nitrogens is 1. The minimum atomic E-state index is -3.46. The predicted octanol–water partition coefficient (Wildman–Crippen LogP) is 3.41. The topological polar surface area (TPSA) is 229 Å². The second-order valence-corrected chi connectivity index (χ2v) is 16.1. The van der Waals surface area contributed by atoms with Gasteiger partial charge in [-0.1, -0.05) is 29.9 Å². The molecule has 7 N–H and O–H groups in total. The van der Waals surface area contributed by atoms with Crippen LogP contribution >= 0.6 is 12.0 Å². The van der Waals surface area contributed by atoms with Gasteiger partial charge in [0, 0.05) is 49.4 Å². The SMILES string of the molecule is C=C(ONNc1ccc(-c2cccc(CONCCOCCOCCNC(=O)c3ccc[n+](CC(=O)Nc4ccc(NNC(=O)CS(C)(=O)=O)c(C)c4)c3)c2)cc1C)OOSC. The maximum Gasteiger partial charge on any atom is 0.332 e. The molecule has 0 saturated heterocycles. The van der Waals surface area contributed by atoms with Gasteiger partial charge in [0.1, 0.15) is 11.3 Å². The second kappa shape index (κ2) is 25.9. The Hall–Kier alpha value is -5.78. The van der Waals surface area contributed by atoms with Crippen LogP contribution in [0.25, 0.3) is 11.1 Å². The Morgan fingerprint density at radius 1 is 0.823 bits per heavy atom. The fourth-order valence-corrected chi connectivity index (χ4v) is 6.14. The zero-order valence-electron chi connectivity index (χ0n) is 34.9. The molecule has 4 rings (SSSR count). The van der Waals surface area contributed by atoms with Gasteiger partial charge in [-0.2, -0.15) is 10.0 Å². The molecule has 3 aromatic carbocycles. The van der Waals surface area contributed by atoms with E-state index in [-0.39, 0.29) is 30.8 Å². The van der Waals surface area contributed by atoms with Gasteiger partial charge in [0.05, 0.1) is 44.4 Å². The Morgan fingerprint density at radius 2 is 1.55 bits per heavy atom. The van der Waals surface area contributed by atoms with Crippen LogP contribution in [-0.4, -0.2) is 83.9 Å². The zero-order chi connectivity index (χ0) is 44.7. The summed E-state index contributed by atoms with van der Waals surface area (Å²) in [6.45, 7) is 9.81. The minimum Gasteiger partial charge on any atom is -0.378 e. The number of carbonyl (C=O) groups is 3. The van der Waals surface area contributed by atoms with Gasteiger partial charge in [0.2, 0.25) is 6.54 Å². The monoisotopic (exact) mass is 897 g/mol. The molecule has 0 radical (unpaired) electrons. The number of hydrogen-bond acceptors (Lipinski definition) is 16. The molecule has 19 nitrogen and oxygen atoms in total. The van der Waals surface area contributed by atoms with E-state index in [4.69, 9.17) is 24.0 Å². The molecule has 0 fully saturated rings. The number of nitrogens with one attached hydrogen (secondary N) is 7. The smallest absolute Gasteiger partial charge is 0.332 e. The number of rotatable bonds is 28. The van der Waals surface area contributed by atoms with Crippen LogP contribution in [0.4, 0.5) is 17.1 Å². The highest BCUT2D eigenvalue weighted by Gasteiger charge is 2.15. The van der Waals surface area contributed by atoms with E-state index < -0.39 is 21.5 Å². The number of hydrazine groups is 2. The van der Waals surface area contributed by atoms with Crippen molar-refractivity contribution >= 4 is 56.7 Å². The molecule has 0 unspecified atom stereocenters. The molecule has 0 saturated carbocycles. The molecule has 0 spiro atoms. The first-order chi connectivity index (χ1) is 29.8. The van der Waals surface area contributed by atoms with Crippen molar-refractivity contribution in [2.45, 2.75) is 27.0 Å². The van der Waals surface area contributed by atoms with Crippen LogP contribution in [0.1, 0.15) is 27.0 Å². The van der Waals surface area contributed by atoms with E-state index in [9.17, 15) is 22.8 Å². The molecule has 0 atom stereocenters. The molecular weight excluding hydrogens is 845 g/mol. The lowest BCUT2D eigenvalue weighted by molar-refractivity contribution is -0.684. The number of anilines is 3. The van der Waals surface area contributed by atoms with Crippen molar-refractivity contribution in [3.05, 3.63) is 120 Å². The Labute approximate surface area is 365 Å². The lowest BCUT2D eigenvalue weighted by Gasteiger charge is -2.13. The number of benzene rings is 3. The van der Waals surface area contributed by atoms with Gasteiger partial charge < -0.3 is 24.9 Å². The van der Waals surface area contributed by atoms with E-state index in [1.165, 1.54) is 0 Å². The summed E-state index contributed by atoms with van der Waals surface area (Å²) in [5.74, 6) is -2.02. The first-order valence-electron chi connectivity index (χ1n) is 19.1. The number of amides is 3. The van der Waals surface area contributed by atoms with E-state index in [2.05, 4.69) is 61.0 Å². The van der Waals surface area contributed by atoms with E-state index in [0.29, 0.717) is 62.1 Å². The van der Waals surface area contributed by atoms with Gasteiger partial charge in [-0.15, -0.1) is 4.33 Å². The third-order valence-corrected chi connectivity index (χ3v) is 9.30. The Morgan fingerprint density at radius 3 is 2.29 bits per heavy atom. The van der Waals surface area contributed by atoms with Crippen LogP contribution in [0.2, 0.25) is 0 Å². The maximum atomic E-state index is 12.7. The van der Waals surface area contributed by atoms with Crippen LogP contribution in [0.3, 0.4) is 0 Å². The highest BCUT2D eigenvalue weighted by Crippen LogP contribution is 2.26. The van der Waals surface area contributed by atoms with Crippen LogP contribution in [0.15, 0.2) is 97.7 Å². The van der Waals surface area contributed by atoms with Gasteiger partial charge in [-0.3, -0.25) is 40.4 Å². The number of ether oxygens (including phenoxy) is 2. The molecule has 0 aliphatic rings. The van der Waals surface area contributed by atoms with Crippen molar-refractivity contribution in [1.29, 1.82) is 0 Å². The molecule has 21 heteroatoms. The Kier molecular flexibility index (Phi) is 20.4. The number of carbonyl (C=O) groups excluding carboxylic acids is 3. The number of nitrogens with zero attached hydrogens (tertiary/aromatic N) is 1. The molecule has 3 amide bonds. The van der Waals surface area contributed by atoms with Crippen LogP contribution < -0.4 is 42.5 Å². The molecule has 1 aromatic heterocycles. The normalized spacial score (nSPS) is 11.0. The number of pyridine rings is 1. The Bertz CT molecular complexity index is 2230. The first kappa shape index (κ1) is 48.9.